The molecule has 0 spiro atoms. The summed E-state index contributed by atoms with van der Waals surface area (Å²) >= 11 is 0. The van der Waals surface area contributed by atoms with Crippen molar-refractivity contribution >= 4 is 16.9 Å². The quantitative estimate of drug-likeness (QED) is 0.577. The third kappa shape index (κ3) is 4.80. The number of likely N-dealkylation sites (tertiary alicyclic amines) is 1. The first-order chi connectivity index (χ1) is 16.2. The number of ether oxygens (including phenoxy) is 1. The van der Waals surface area contributed by atoms with Crippen molar-refractivity contribution < 1.29 is 9.53 Å². The molecule has 174 valence electrons. The molecule has 3 aromatic rings. The van der Waals surface area contributed by atoms with Crippen LogP contribution in [0.4, 0.5) is 0 Å². The Morgan fingerprint density at radius 1 is 1.09 bits per heavy atom. The summed E-state index contributed by atoms with van der Waals surface area (Å²) in [5, 5.41) is 5.33. The first kappa shape index (κ1) is 22.0. The number of fused-ring (bicyclic) bond motifs is 1. The van der Waals surface area contributed by atoms with Crippen molar-refractivity contribution in [1.29, 1.82) is 0 Å². The zero-order valence-corrected chi connectivity index (χ0v) is 19.4. The number of pyridine rings is 1. The van der Waals surface area contributed by atoms with Crippen molar-refractivity contribution in [3.63, 3.8) is 0 Å². The van der Waals surface area contributed by atoms with E-state index in [4.69, 9.17) is 9.72 Å². The normalized spacial score (nSPS) is 18.2. The van der Waals surface area contributed by atoms with Gasteiger partial charge in [0.25, 0.3) is 5.91 Å². The number of piperidine rings is 1. The number of hydrogen-bond acceptors (Lipinski definition) is 5. The summed E-state index contributed by atoms with van der Waals surface area (Å²) in [7, 11) is 0. The topological polar surface area (TPSA) is 63.5 Å². The van der Waals surface area contributed by atoms with Gasteiger partial charge in [-0.1, -0.05) is 30.3 Å². The zero-order chi connectivity index (χ0) is 22.6. The fourth-order valence-electron chi connectivity index (χ4n) is 5.00. The van der Waals surface area contributed by atoms with Crippen molar-refractivity contribution in [2.45, 2.75) is 32.7 Å². The third-order valence-electron chi connectivity index (χ3n) is 7.07. The lowest BCUT2D eigenvalue weighted by molar-refractivity contribution is 0.0332. The molecule has 0 bridgehead atoms. The molecule has 2 aromatic heterocycles. The van der Waals surface area contributed by atoms with Gasteiger partial charge in [-0.25, -0.2) is 9.67 Å². The molecule has 0 unspecified atom stereocenters. The number of amides is 1. The van der Waals surface area contributed by atoms with Gasteiger partial charge in [0.2, 0.25) is 0 Å². The van der Waals surface area contributed by atoms with Gasteiger partial charge in [0, 0.05) is 38.3 Å². The molecule has 0 atom stereocenters. The number of aryl methyl sites for hydroxylation is 1. The standard InChI is InChI=1S/C26H33N5O2/c1-2-31-25-23(19-27-31)22(18-24(28-25)21-6-4-3-5-7-21)26(32)30-12-9-20(10-13-30)8-11-29-14-16-33-17-15-29/h3-7,18-20H,2,8-17H2,1H3. The number of carbonyl (C=O) groups excluding carboxylic acids is 1. The van der Waals surface area contributed by atoms with E-state index in [0.717, 1.165) is 87.6 Å². The van der Waals surface area contributed by atoms with Crippen molar-refractivity contribution in [2.75, 3.05) is 45.9 Å². The first-order valence-electron chi connectivity index (χ1n) is 12.2. The minimum Gasteiger partial charge on any atom is -0.379 e. The first-order valence-corrected chi connectivity index (χ1v) is 12.2. The monoisotopic (exact) mass is 447 g/mol. The summed E-state index contributed by atoms with van der Waals surface area (Å²) in [6, 6.07) is 12.0. The highest BCUT2D eigenvalue weighted by atomic mass is 16.5. The van der Waals surface area contributed by atoms with Crippen LogP contribution in [0.5, 0.6) is 0 Å². The van der Waals surface area contributed by atoms with E-state index in [9.17, 15) is 4.79 Å². The molecule has 7 heteroatoms. The molecule has 1 aromatic carbocycles. The lowest BCUT2D eigenvalue weighted by Gasteiger charge is -2.34. The molecule has 2 aliphatic rings. The number of rotatable bonds is 6. The summed E-state index contributed by atoms with van der Waals surface area (Å²) in [5.74, 6) is 0.791. The van der Waals surface area contributed by atoms with Gasteiger partial charge in [-0.15, -0.1) is 0 Å². The molecular formula is C26H33N5O2. The second-order valence-electron chi connectivity index (χ2n) is 9.10. The van der Waals surface area contributed by atoms with Crippen LogP contribution in [0.15, 0.2) is 42.6 Å². The molecular weight excluding hydrogens is 414 g/mol. The number of morpholine rings is 1. The number of carbonyl (C=O) groups is 1. The van der Waals surface area contributed by atoms with Gasteiger partial charge in [0.15, 0.2) is 5.65 Å². The minimum absolute atomic E-state index is 0.0989. The van der Waals surface area contributed by atoms with Crippen LogP contribution in [0.1, 0.15) is 36.5 Å². The second-order valence-corrected chi connectivity index (χ2v) is 9.10. The predicted molar refractivity (Wildman–Crippen MR) is 129 cm³/mol. The maximum atomic E-state index is 13.6. The SMILES string of the molecule is CCn1ncc2c(C(=O)N3CCC(CCN4CCOCC4)CC3)cc(-c3ccccc3)nc21. The Hall–Kier alpha value is -2.77. The molecule has 1 amide bonds. The van der Waals surface area contributed by atoms with Crippen LogP contribution in [-0.4, -0.2) is 76.4 Å². The zero-order valence-electron chi connectivity index (χ0n) is 19.4. The van der Waals surface area contributed by atoms with Gasteiger partial charge in [-0.2, -0.15) is 5.10 Å². The number of nitrogens with zero attached hydrogens (tertiary/aromatic N) is 5. The Bertz CT molecular complexity index is 1080. The summed E-state index contributed by atoms with van der Waals surface area (Å²) < 4.78 is 7.32. The molecule has 7 nitrogen and oxygen atoms in total. The third-order valence-corrected chi connectivity index (χ3v) is 7.07. The summed E-state index contributed by atoms with van der Waals surface area (Å²) in [5.41, 5.74) is 3.33. The maximum Gasteiger partial charge on any atom is 0.254 e. The van der Waals surface area contributed by atoms with Gasteiger partial charge in [-0.3, -0.25) is 9.69 Å². The van der Waals surface area contributed by atoms with E-state index in [-0.39, 0.29) is 5.91 Å². The molecule has 4 heterocycles. The second kappa shape index (κ2) is 10.0. The summed E-state index contributed by atoms with van der Waals surface area (Å²) in [4.78, 5) is 23.0. The predicted octanol–water partition coefficient (Wildman–Crippen LogP) is 3.69. The van der Waals surface area contributed by atoms with Gasteiger partial charge in [-0.05, 0) is 44.7 Å². The Balaban J connectivity index is 1.31. The van der Waals surface area contributed by atoms with Crippen LogP contribution >= 0.6 is 0 Å². The number of benzene rings is 1. The van der Waals surface area contributed by atoms with Crippen molar-refractivity contribution in [3.05, 3.63) is 48.2 Å². The highest BCUT2D eigenvalue weighted by Crippen LogP contribution is 2.28. The summed E-state index contributed by atoms with van der Waals surface area (Å²) in [6.07, 6.45) is 5.15. The number of aromatic nitrogens is 3. The Morgan fingerprint density at radius 3 is 2.58 bits per heavy atom. The highest BCUT2D eigenvalue weighted by molar-refractivity contribution is 6.06. The minimum atomic E-state index is 0.0989. The molecule has 33 heavy (non-hydrogen) atoms. The lowest BCUT2D eigenvalue weighted by atomic mass is 9.92. The van der Waals surface area contributed by atoms with Crippen LogP contribution < -0.4 is 0 Å². The molecule has 0 aliphatic carbocycles. The molecule has 0 saturated carbocycles. The van der Waals surface area contributed by atoms with E-state index in [2.05, 4.69) is 10.00 Å². The molecule has 0 N–H and O–H groups in total. The lowest BCUT2D eigenvalue weighted by Crippen LogP contribution is -2.41. The number of hydrogen-bond donors (Lipinski definition) is 0. The molecule has 2 fully saturated rings. The van der Waals surface area contributed by atoms with Gasteiger partial charge in [0.1, 0.15) is 0 Å². The van der Waals surface area contributed by atoms with Crippen molar-refractivity contribution in [1.82, 2.24) is 24.6 Å². The van der Waals surface area contributed by atoms with E-state index in [1.165, 1.54) is 6.42 Å². The fourth-order valence-corrected chi connectivity index (χ4v) is 5.00. The maximum absolute atomic E-state index is 13.6. The average Bonchev–Trinajstić information content (AvgIpc) is 3.31. The van der Waals surface area contributed by atoms with E-state index >= 15 is 0 Å². The Kier molecular flexibility index (Phi) is 6.69. The van der Waals surface area contributed by atoms with E-state index in [1.807, 2.05) is 52.9 Å². The largest absolute Gasteiger partial charge is 0.379 e. The summed E-state index contributed by atoms with van der Waals surface area (Å²) in [6.45, 7) is 9.35. The van der Waals surface area contributed by atoms with E-state index in [1.54, 1.807) is 6.20 Å². The fraction of sp³-hybridized carbons (Fsp3) is 0.500. The van der Waals surface area contributed by atoms with Crippen LogP contribution in [0.25, 0.3) is 22.3 Å². The molecule has 2 aliphatic heterocycles. The molecule has 5 rings (SSSR count). The van der Waals surface area contributed by atoms with E-state index in [0.29, 0.717) is 11.5 Å². The van der Waals surface area contributed by atoms with Crippen molar-refractivity contribution in [2.24, 2.45) is 5.92 Å². The van der Waals surface area contributed by atoms with Crippen molar-refractivity contribution in [3.8, 4) is 11.3 Å². The van der Waals surface area contributed by atoms with Crippen LogP contribution in [0, 0.1) is 5.92 Å². The average molecular weight is 448 g/mol. The molecule has 0 radical (unpaired) electrons. The van der Waals surface area contributed by atoms with Gasteiger partial charge in [0.05, 0.1) is 36.1 Å². The van der Waals surface area contributed by atoms with Crippen LogP contribution in [0.3, 0.4) is 0 Å². The van der Waals surface area contributed by atoms with Crippen LogP contribution in [-0.2, 0) is 11.3 Å². The Morgan fingerprint density at radius 2 is 1.85 bits per heavy atom. The van der Waals surface area contributed by atoms with Gasteiger partial charge < -0.3 is 9.64 Å². The Labute approximate surface area is 195 Å². The highest BCUT2D eigenvalue weighted by Gasteiger charge is 2.27. The smallest absolute Gasteiger partial charge is 0.254 e. The van der Waals surface area contributed by atoms with E-state index < -0.39 is 0 Å². The molecule has 2 saturated heterocycles. The van der Waals surface area contributed by atoms with Crippen LogP contribution in [0.2, 0.25) is 0 Å². The van der Waals surface area contributed by atoms with Gasteiger partial charge >= 0.3 is 0 Å².